The van der Waals surface area contributed by atoms with Crippen molar-refractivity contribution in [2.24, 2.45) is 0 Å². The van der Waals surface area contributed by atoms with Gasteiger partial charge >= 0.3 is 12.6 Å². The number of carbonyl (C=O) groups is 1. The molecular formula is C14H21F2N3O3. The van der Waals surface area contributed by atoms with Crippen LogP contribution in [0.3, 0.4) is 0 Å². The fraction of sp³-hybridized carbons (Fsp3) is 0.571. The maximum absolute atomic E-state index is 12.1. The molecular weight excluding hydrogens is 296 g/mol. The number of hydrogen-bond acceptors (Lipinski definition) is 4. The van der Waals surface area contributed by atoms with E-state index in [-0.39, 0.29) is 39.6 Å². The number of hydrogen-bond donors (Lipinski definition) is 2. The molecule has 2 N–H and O–H groups in total. The molecule has 3 rings (SSSR count). The largest absolute Gasteiger partial charge is 0.417 e. The molecule has 1 aromatic rings. The van der Waals surface area contributed by atoms with Gasteiger partial charge in [0.2, 0.25) is 5.88 Å². The van der Waals surface area contributed by atoms with Crippen LogP contribution < -0.4 is 15.4 Å². The number of fused-ring (bicyclic) bond motifs is 2. The highest BCUT2D eigenvalue weighted by atomic mass is 19.3. The Labute approximate surface area is 129 Å². The van der Waals surface area contributed by atoms with Crippen LogP contribution in [-0.4, -0.2) is 35.9 Å². The van der Waals surface area contributed by atoms with Crippen LogP contribution in [0.4, 0.5) is 13.6 Å². The van der Waals surface area contributed by atoms with Crippen LogP contribution >= 0.6 is 0 Å². The molecule has 3 heterocycles. The number of pyridine rings is 1. The number of urea groups is 1. The molecule has 6 nitrogen and oxygen atoms in total. The number of halogens is 2. The van der Waals surface area contributed by atoms with E-state index in [1.165, 1.54) is 12.3 Å². The third kappa shape index (κ3) is 3.62. The van der Waals surface area contributed by atoms with Gasteiger partial charge in [-0.1, -0.05) is 0 Å². The van der Waals surface area contributed by atoms with Crippen molar-refractivity contribution in [3.8, 4) is 5.88 Å². The SMILES string of the molecule is O=C(NCc1ccnc(OC(F)F)c1)N[C@@H]1C[C@H]2CC[C@@H]1O2.[HH].[HH]. The van der Waals surface area contributed by atoms with Gasteiger partial charge in [-0.25, -0.2) is 9.78 Å². The van der Waals surface area contributed by atoms with E-state index in [2.05, 4.69) is 20.4 Å². The van der Waals surface area contributed by atoms with E-state index in [9.17, 15) is 13.6 Å². The summed E-state index contributed by atoms with van der Waals surface area (Å²) in [7, 11) is 0. The molecule has 2 saturated heterocycles. The lowest BCUT2D eigenvalue weighted by molar-refractivity contribution is -0.0529. The molecule has 0 unspecified atom stereocenters. The number of amides is 2. The molecule has 0 aromatic carbocycles. The lowest BCUT2D eigenvalue weighted by Gasteiger charge is -2.20. The fourth-order valence-electron chi connectivity index (χ4n) is 2.91. The van der Waals surface area contributed by atoms with Gasteiger partial charge in [-0.2, -0.15) is 8.78 Å². The van der Waals surface area contributed by atoms with Gasteiger partial charge in [0.05, 0.1) is 18.2 Å². The summed E-state index contributed by atoms with van der Waals surface area (Å²) in [6, 6.07) is 2.75. The minimum absolute atomic E-state index is 0. The number of rotatable bonds is 5. The van der Waals surface area contributed by atoms with Crippen molar-refractivity contribution in [3.63, 3.8) is 0 Å². The summed E-state index contributed by atoms with van der Waals surface area (Å²) < 4.78 is 34.1. The second-order valence-electron chi connectivity index (χ2n) is 5.42. The maximum Gasteiger partial charge on any atom is 0.388 e. The summed E-state index contributed by atoms with van der Waals surface area (Å²) in [6.07, 6.45) is 4.63. The second kappa shape index (κ2) is 6.43. The molecule has 0 radical (unpaired) electrons. The van der Waals surface area contributed by atoms with Crippen molar-refractivity contribution in [2.75, 3.05) is 0 Å². The fourth-order valence-corrected chi connectivity index (χ4v) is 2.91. The number of alkyl halides is 2. The Morgan fingerprint density at radius 1 is 1.55 bits per heavy atom. The van der Waals surface area contributed by atoms with Crippen LogP contribution in [0.1, 0.15) is 27.7 Å². The number of nitrogens with zero attached hydrogens (tertiary/aromatic N) is 1. The third-order valence-electron chi connectivity index (χ3n) is 3.88. The highest BCUT2D eigenvalue weighted by Crippen LogP contribution is 2.34. The predicted octanol–water partition coefficient (Wildman–Crippen LogP) is 2.29. The Hall–Kier alpha value is -1.96. The first kappa shape index (κ1) is 15.0. The van der Waals surface area contributed by atoms with Crippen molar-refractivity contribution in [3.05, 3.63) is 23.9 Å². The molecule has 0 spiro atoms. The van der Waals surface area contributed by atoms with Crippen LogP contribution in [0.25, 0.3) is 0 Å². The van der Waals surface area contributed by atoms with Gasteiger partial charge in [0.1, 0.15) is 0 Å². The van der Waals surface area contributed by atoms with Crippen molar-refractivity contribution >= 4 is 6.03 Å². The molecule has 124 valence electrons. The molecule has 0 saturated carbocycles. The smallest absolute Gasteiger partial charge is 0.388 e. The van der Waals surface area contributed by atoms with Gasteiger partial charge in [-0.3, -0.25) is 0 Å². The summed E-state index contributed by atoms with van der Waals surface area (Å²) in [5.74, 6) is -0.170. The molecule has 2 amide bonds. The Bertz CT molecular complexity index is 554. The maximum atomic E-state index is 12.1. The number of carbonyl (C=O) groups excluding carboxylic acids is 1. The van der Waals surface area contributed by atoms with Crippen LogP contribution in [0.2, 0.25) is 0 Å². The molecule has 0 aliphatic carbocycles. The molecule has 2 bridgehead atoms. The molecule has 22 heavy (non-hydrogen) atoms. The minimum Gasteiger partial charge on any atom is -0.417 e. The Morgan fingerprint density at radius 3 is 3.09 bits per heavy atom. The van der Waals surface area contributed by atoms with Crippen LogP contribution in [0.5, 0.6) is 5.88 Å². The standard InChI is InChI=1S/C14H17F2N3O3.2H2/c15-13(16)22-12-5-8(3-4-17-12)7-18-14(20)19-10-6-9-1-2-11(10)21-9;;/h3-5,9-11,13H,1-2,6-7H2,(H2,18,19,20);2*1H/t9-,10-,11+;;/m1../s1. The molecule has 1 aromatic heterocycles. The predicted molar refractivity (Wildman–Crippen MR) is 76.8 cm³/mol. The quantitative estimate of drug-likeness (QED) is 0.874. The molecule has 2 fully saturated rings. The number of aromatic nitrogens is 1. The van der Waals surface area contributed by atoms with Gasteiger partial charge in [0.25, 0.3) is 0 Å². The first-order valence-corrected chi connectivity index (χ1v) is 7.20. The first-order valence-electron chi connectivity index (χ1n) is 7.20. The Kier molecular flexibility index (Phi) is 4.37. The Balaban J connectivity index is 0.00000144. The van der Waals surface area contributed by atoms with Crippen molar-refractivity contribution in [1.82, 2.24) is 15.6 Å². The Morgan fingerprint density at radius 2 is 2.41 bits per heavy atom. The van der Waals surface area contributed by atoms with Gasteiger partial charge in [-0.05, 0) is 30.9 Å². The minimum atomic E-state index is -2.92. The summed E-state index contributed by atoms with van der Waals surface area (Å²) in [5, 5.41) is 5.57. The zero-order valence-electron chi connectivity index (χ0n) is 11.8. The summed E-state index contributed by atoms with van der Waals surface area (Å²) in [4.78, 5) is 15.5. The first-order chi connectivity index (χ1) is 10.6. The summed E-state index contributed by atoms with van der Waals surface area (Å²) in [5.41, 5.74) is 0.630. The average molecular weight is 317 g/mol. The summed E-state index contributed by atoms with van der Waals surface area (Å²) in [6.45, 7) is -2.72. The normalized spacial score (nSPS) is 26.2. The van der Waals surface area contributed by atoms with Crippen molar-refractivity contribution in [1.29, 1.82) is 0 Å². The third-order valence-corrected chi connectivity index (χ3v) is 3.88. The molecule has 3 atom stereocenters. The van der Waals surface area contributed by atoms with Gasteiger partial charge in [0.15, 0.2) is 0 Å². The van der Waals surface area contributed by atoms with Gasteiger partial charge in [-0.15, -0.1) is 0 Å². The van der Waals surface area contributed by atoms with Gasteiger partial charge in [0, 0.05) is 21.7 Å². The monoisotopic (exact) mass is 317 g/mol. The lowest BCUT2D eigenvalue weighted by Crippen LogP contribution is -2.46. The average Bonchev–Trinajstić information content (AvgIpc) is 3.07. The molecule has 2 aliphatic heterocycles. The van der Waals surface area contributed by atoms with E-state index >= 15 is 0 Å². The second-order valence-corrected chi connectivity index (χ2v) is 5.42. The zero-order valence-corrected chi connectivity index (χ0v) is 11.8. The van der Waals surface area contributed by atoms with E-state index in [4.69, 9.17) is 4.74 Å². The number of ether oxygens (including phenoxy) is 2. The molecule has 2 aliphatic rings. The highest BCUT2D eigenvalue weighted by molar-refractivity contribution is 5.74. The van der Waals surface area contributed by atoms with E-state index < -0.39 is 6.61 Å². The van der Waals surface area contributed by atoms with E-state index in [1.54, 1.807) is 6.07 Å². The van der Waals surface area contributed by atoms with Crippen molar-refractivity contribution in [2.45, 2.75) is 50.7 Å². The van der Waals surface area contributed by atoms with Crippen LogP contribution in [-0.2, 0) is 11.3 Å². The van der Waals surface area contributed by atoms with E-state index in [0.29, 0.717) is 5.56 Å². The van der Waals surface area contributed by atoms with Crippen LogP contribution in [0, 0.1) is 0 Å². The van der Waals surface area contributed by atoms with Crippen molar-refractivity contribution < 1.29 is 25.9 Å². The van der Waals surface area contributed by atoms with E-state index in [1.807, 2.05) is 0 Å². The molecule has 8 heteroatoms. The topological polar surface area (TPSA) is 72.5 Å². The summed E-state index contributed by atoms with van der Waals surface area (Å²) >= 11 is 0. The zero-order chi connectivity index (χ0) is 15.5. The van der Waals surface area contributed by atoms with E-state index in [0.717, 1.165) is 19.3 Å². The van der Waals surface area contributed by atoms with Gasteiger partial charge < -0.3 is 20.1 Å². The highest BCUT2D eigenvalue weighted by Gasteiger charge is 2.41. The number of nitrogens with one attached hydrogen (secondary N) is 2. The van der Waals surface area contributed by atoms with Crippen LogP contribution in [0.15, 0.2) is 18.3 Å². The lowest BCUT2D eigenvalue weighted by atomic mass is 9.96.